The molecule has 2 N–H and O–H groups in total. The fraction of sp³-hybridized carbons (Fsp3) is 0.636. The smallest absolute Gasteiger partial charge is 0.273 e. The maximum absolute atomic E-state index is 11.7. The molecule has 0 spiro atoms. The zero-order valence-electron chi connectivity index (χ0n) is 10.7. The molecule has 0 aromatic carbocycles. The van der Waals surface area contributed by atoms with Crippen molar-refractivity contribution in [1.29, 1.82) is 0 Å². The van der Waals surface area contributed by atoms with Gasteiger partial charge in [0.15, 0.2) is 0 Å². The van der Waals surface area contributed by atoms with Crippen LogP contribution in [0.2, 0.25) is 0 Å². The Morgan fingerprint density at radius 3 is 2.78 bits per heavy atom. The van der Waals surface area contributed by atoms with Gasteiger partial charge in [-0.25, -0.2) is 13.1 Å². The molecule has 0 amide bonds. The summed E-state index contributed by atoms with van der Waals surface area (Å²) in [6, 6.07) is 3.12. The summed E-state index contributed by atoms with van der Waals surface area (Å²) < 4.78 is 36.1. The van der Waals surface area contributed by atoms with E-state index in [9.17, 15) is 8.42 Å². The van der Waals surface area contributed by atoms with E-state index in [1.807, 2.05) is 6.92 Å². The van der Waals surface area contributed by atoms with E-state index in [0.29, 0.717) is 32.0 Å². The molecule has 0 aliphatic heterocycles. The Bertz CT molecular complexity index is 442. The van der Waals surface area contributed by atoms with Crippen molar-refractivity contribution in [2.24, 2.45) is 0 Å². The van der Waals surface area contributed by atoms with E-state index in [1.54, 1.807) is 13.2 Å². The first-order chi connectivity index (χ1) is 8.60. The third-order valence-electron chi connectivity index (χ3n) is 2.23. The lowest BCUT2D eigenvalue weighted by Crippen LogP contribution is -2.24. The van der Waals surface area contributed by atoms with Crippen molar-refractivity contribution in [3.05, 3.63) is 17.9 Å². The first-order valence-corrected chi connectivity index (χ1v) is 7.36. The maximum Gasteiger partial charge on any atom is 0.273 e. The number of ether oxygens (including phenoxy) is 1. The second kappa shape index (κ2) is 7.52. The highest BCUT2D eigenvalue weighted by Crippen LogP contribution is 2.13. The molecular formula is C11H20N2O4S. The third-order valence-corrected chi connectivity index (χ3v) is 3.56. The van der Waals surface area contributed by atoms with Gasteiger partial charge in [0.1, 0.15) is 5.76 Å². The molecule has 0 aliphatic rings. The van der Waals surface area contributed by atoms with Crippen LogP contribution < -0.4 is 10.0 Å². The lowest BCUT2D eigenvalue weighted by Gasteiger charge is -2.02. The Labute approximate surface area is 108 Å². The highest BCUT2D eigenvalue weighted by Gasteiger charge is 2.17. The van der Waals surface area contributed by atoms with Gasteiger partial charge in [0.2, 0.25) is 5.09 Å². The van der Waals surface area contributed by atoms with Gasteiger partial charge in [0, 0.05) is 20.2 Å². The first kappa shape index (κ1) is 15.2. The van der Waals surface area contributed by atoms with Crippen LogP contribution in [-0.4, -0.2) is 35.2 Å². The average Bonchev–Trinajstić information content (AvgIpc) is 2.82. The molecule has 0 unspecified atom stereocenters. The molecule has 0 fully saturated rings. The lowest BCUT2D eigenvalue weighted by atomic mass is 10.4. The van der Waals surface area contributed by atoms with Crippen LogP contribution in [0.25, 0.3) is 0 Å². The van der Waals surface area contributed by atoms with E-state index in [0.717, 1.165) is 6.42 Å². The van der Waals surface area contributed by atoms with Crippen LogP contribution in [0, 0.1) is 0 Å². The van der Waals surface area contributed by atoms with Crippen LogP contribution in [0.1, 0.15) is 19.1 Å². The molecule has 6 nitrogen and oxygen atoms in total. The molecular weight excluding hydrogens is 256 g/mol. The summed E-state index contributed by atoms with van der Waals surface area (Å²) in [6.07, 6.45) is 0.741. The van der Waals surface area contributed by atoms with E-state index >= 15 is 0 Å². The number of sulfonamides is 1. The van der Waals surface area contributed by atoms with Gasteiger partial charge < -0.3 is 14.5 Å². The summed E-state index contributed by atoms with van der Waals surface area (Å²) in [5.41, 5.74) is 0. The van der Waals surface area contributed by atoms with Gasteiger partial charge in [-0.1, -0.05) is 6.92 Å². The normalized spacial score (nSPS) is 11.9. The van der Waals surface area contributed by atoms with Gasteiger partial charge in [-0.3, -0.25) is 0 Å². The first-order valence-electron chi connectivity index (χ1n) is 5.88. The number of rotatable bonds is 9. The van der Waals surface area contributed by atoms with Crippen molar-refractivity contribution in [2.75, 3.05) is 26.8 Å². The lowest BCUT2D eigenvalue weighted by molar-refractivity contribution is 0.198. The van der Waals surface area contributed by atoms with E-state index in [4.69, 9.17) is 9.15 Å². The summed E-state index contributed by atoms with van der Waals surface area (Å²) in [5.74, 6) is 0.586. The van der Waals surface area contributed by atoms with E-state index < -0.39 is 10.0 Å². The van der Waals surface area contributed by atoms with Gasteiger partial charge in [0.05, 0.1) is 13.2 Å². The van der Waals surface area contributed by atoms with Crippen LogP contribution in [0.15, 0.2) is 21.6 Å². The summed E-state index contributed by atoms with van der Waals surface area (Å²) in [5, 5.41) is 3.03. The predicted octanol–water partition coefficient (Wildman–Crippen LogP) is 0.704. The van der Waals surface area contributed by atoms with Crippen LogP contribution in [0.4, 0.5) is 0 Å². The van der Waals surface area contributed by atoms with Crippen molar-refractivity contribution < 1.29 is 17.6 Å². The minimum atomic E-state index is -3.51. The molecule has 1 aromatic rings. The van der Waals surface area contributed by atoms with Gasteiger partial charge >= 0.3 is 0 Å². The summed E-state index contributed by atoms with van der Waals surface area (Å²) in [4.78, 5) is 0. The van der Waals surface area contributed by atoms with E-state index in [2.05, 4.69) is 10.0 Å². The van der Waals surface area contributed by atoms with Crippen LogP contribution in [-0.2, 0) is 21.3 Å². The number of hydrogen-bond donors (Lipinski definition) is 2. The molecule has 0 aliphatic carbocycles. The Kier molecular flexibility index (Phi) is 6.34. The Morgan fingerprint density at radius 1 is 1.33 bits per heavy atom. The standard InChI is InChI=1S/C11H20N2O4S/c1-3-6-13-18(14,15)11-5-4-10(17-11)9-12-7-8-16-2/h4-5,12-13H,3,6-9H2,1-2H3. The molecule has 0 saturated carbocycles. The maximum atomic E-state index is 11.7. The fourth-order valence-corrected chi connectivity index (χ4v) is 2.37. The average molecular weight is 276 g/mol. The molecule has 1 heterocycles. The second-order valence-electron chi connectivity index (χ2n) is 3.79. The van der Waals surface area contributed by atoms with Crippen molar-refractivity contribution in [3.8, 4) is 0 Å². The fourth-order valence-electron chi connectivity index (χ4n) is 1.29. The SMILES string of the molecule is CCCNS(=O)(=O)c1ccc(CNCCOC)o1. The zero-order chi connectivity index (χ0) is 13.4. The third kappa shape index (κ3) is 4.77. The largest absolute Gasteiger partial charge is 0.447 e. The Balaban J connectivity index is 2.52. The second-order valence-corrected chi connectivity index (χ2v) is 5.49. The van der Waals surface area contributed by atoms with Gasteiger partial charge in [0.25, 0.3) is 10.0 Å². The predicted molar refractivity (Wildman–Crippen MR) is 67.8 cm³/mol. The van der Waals surface area contributed by atoms with Crippen LogP contribution in [0.5, 0.6) is 0 Å². The highest BCUT2D eigenvalue weighted by atomic mass is 32.2. The van der Waals surface area contributed by atoms with Crippen LogP contribution >= 0.6 is 0 Å². The monoisotopic (exact) mass is 276 g/mol. The van der Waals surface area contributed by atoms with E-state index in [-0.39, 0.29) is 5.09 Å². The molecule has 0 bridgehead atoms. The molecule has 0 radical (unpaired) electrons. The molecule has 0 saturated heterocycles. The number of methoxy groups -OCH3 is 1. The summed E-state index contributed by atoms with van der Waals surface area (Å²) in [6.45, 7) is 4.07. The van der Waals surface area contributed by atoms with Crippen molar-refractivity contribution in [1.82, 2.24) is 10.0 Å². The van der Waals surface area contributed by atoms with Crippen molar-refractivity contribution in [2.45, 2.75) is 25.0 Å². The minimum absolute atomic E-state index is 0.0421. The number of nitrogens with one attached hydrogen (secondary N) is 2. The van der Waals surface area contributed by atoms with Crippen molar-refractivity contribution >= 4 is 10.0 Å². The molecule has 0 atom stereocenters. The van der Waals surface area contributed by atoms with Crippen LogP contribution in [0.3, 0.4) is 0 Å². The molecule has 7 heteroatoms. The minimum Gasteiger partial charge on any atom is -0.447 e. The zero-order valence-corrected chi connectivity index (χ0v) is 11.5. The summed E-state index contributed by atoms with van der Waals surface area (Å²) in [7, 11) is -1.88. The van der Waals surface area contributed by atoms with Gasteiger partial charge in [-0.2, -0.15) is 0 Å². The Hall–Kier alpha value is -0.890. The summed E-state index contributed by atoms with van der Waals surface area (Å²) >= 11 is 0. The molecule has 18 heavy (non-hydrogen) atoms. The van der Waals surface area contributed by atoms with Gasteiger partial charge in [-0.15, -0.1) is 0 Å². The molecule has 104 valence electrons. The molecule has 1 aromatic heterocycles. The molecule has 1 rings (SSSR count). The van der Waals surface area contributed by atoms with E-state index in [1.165, 1.54) is 6.07 Å². The number of furan rings is 1. The topological polar surface area (TPSA) is 80.6 Å². The van der Waals surface area contributed by atoms with Gasteiger partial charge in [-0.05, 0) is 18.6 Å². The van der Waals surface area contributed by atoms with Crippen molar-refractivity contribution in [3.63, 3.8) is 0 Å². The quantitative estimate of drug-likeness (QED) is 0.649. The Morgan fingerprint density at radius 2 is 2.11 bits per heavy atom. The number of hydrogen-bond acceptors (Lipinski definition) is 5. The highest BCUT2D eigenvalue weighted by molar-refractivity contribution is 7.89.